The van der Waals surface area contributed by atoms with E-state index in [0.29, 0.717) is 0 Å². The van der Waals surface area contributed by atoms with E-state index in [4.69, 9.17) is 18.9 Å². The second kappa shape index (κ2) is 29.8. The molecule has 4 nitrogen and oxygen atoms in total. The van der Waals surface area contributed by atoms with Gasteiger partial charge in [-0.05, 0) is 120 Å². The van der Waals surface area contributed by atoms with Crippen LogP contribution in [0.15, 0.2) is 315 Å². The van der Waals surface area contributed by atoms with Crippen LogP contribution in [0.5, 0.6) is 23.0 Å². The molecule has 0 aliphatic heterocycles. The molecule has 0 fully saturated rings. The van der Waals surface area contributed by atoms with Gasteiger partial charge >= 0.3 is 0 Å². The Balaban J connectivity index is 0.000000187. The fourth-order valence-electron chi connectivity index (χ4n) is 10.8. The van der Waals surface area contributed by atoms with E-state index in [1.165, 1.54) is 63.7 Å². The van der Waals surface area contributed by atoms with Crippen molar-refractivity contribution in [3.05, 3.63) is 315 Å². The SMILES string of the molecule is COc1cccc(P(c2ccccc2)c2ccccc2)c1-c1c(OC)cccc1P(c1ccccc1)c1ccccc1.COc1cccc(P(c2ccccc2)c2ccccc2)c1-c1c(OC)cccc1P(c1ccccc1)c1ccccc1.[Pd]. The first kappa shape index (κ1) is 60.3. The van der Waals surface area contributed by atoms with Crippen molar-refractivity contribution < 1.29 is 39.4 Å². The minimum Gasteiger partial charge on any atom is -0.496 e. The molecule has 12 aromatic rings. The topological polar surface area (TPSA) is 36.9 Å². The molecule has 0 heterocycles. The van der Waals surface area contributed by atoms with Crippen LogP contribution in [0.4, 0.5) is 0 Å². The monoisotopic (exact) mass is 1270 g/mol. The molecule has 0 N–H and O–H groups in total. The summed E-state index contributed by atoms with van der Waals surface area (Å²) in [7, 11) is 3.47. The molecule has 0 saturated heterocycles. The fourth-order valence-corrected chi connectivity index (χ4v) is 20.7. The predicted molar refractivity (Wildman–Crippen MR) is 365 cm³/mol. The Bertz CT molecular complexity index is 3330. The molecule has 0 aromatic heterocycles. The summed E-state index contributed by atoms with van der Waals surface area (Å²) in [6, 6.07) is 112. The Morgan fingerprint density at radius 2 is 0.318 bits per heavy atom. The summed E-state index contributed by atoms with van der Waals surface area (Å²) in [6.07, 6.45) is 0. The second-order valence-corrected chi connectivity index (χ2v) is 28.2. The summed E-state index contributed by atoms with van der Waals surface area (Å²) >= 11 is 0. The van der Waals surface area contributed by atoms with E-state index < -0.39 is 31.7 Å². The fraction of sp³-hybridized carbons (Fsp3) is 0.0526. The van der Waals surface area contributed by atoms with Crippen molar-refractivity contribution in [2.24, 2.45) is 0 Å². The van der Waals surface area contributed by atoms with Crippen LogP contribution in [-0.2, 0) is 20.4 Å². The third kappa shape index (κ3) is 13.5. The standard InChI is InChI=1S/2C38H32O2P2.Pd/c2*1-39-33-25-15-27-35(41(29-17-7-3-8-18-29)30-19-9-4-10-20-30)37(33)38-34(40-2)26-16-28-36(38)42(31-21-11-5-12-22-31)32-23-13-6-14-24-32;/h2*3-28H,1-2H3;. The average Bonchev–Trinajstić information content (AvgIpc) is 2.42. The van der Waals surface area contributed by atoms with Crippen molar-refractivity contribution >= 4 is 95.3 Å². The number of hydrogen-bond donors (Lipinski definition) is 0. The molecule has 0 aliphatic rings. The quantitative estimate of drug-likeness (QED) is 0.0634. The normalized spacial score (nSPS) is 10.9. The Kier molecular flexibility index (Phi) is 21.2. The smallest absolute Gasteiger partial charge is 0.127 e. The van der Waals surface area contributed by atoms with Gasteiger partial charge in [0.25, 0.3) is 0 Å². The van der Waals surface area contributed by atoms with Gasteiger partial charge in [-0.15, -0.1) is 0 Å². The van der Waals surface area contributed by atoms with Gasteiger partial charge in [-0.1, -0.05) is 291 Å². The van der Waals surface area contributed by atoms with E-state index in [1.807, 2.05) is 0 Å². The Morgan fingerprint density at radius 3 is 0.447 bits per heavy atom. The van der Waals surface area contributed by atoms with Crippen LogP contribution in [-0.4, -0.2) is 28.4 Å². The molecular formula is C76H64O4P4Pd. The van der Waals surface area contributed by atoms with E-state index in [1.54, 1.807) is 28.4 Å². The van der Waals surface area contributed by atoms with Crippen molar-refractivity contribution in [3.63, 3.8) is 0 Å². The number of ether oxygens (including phenoxy) is 4. The van der Waals surface area contributed by atoms with Crippen LogP contribution in [0.2, 0.25) is 0 Å². The van der Waals surface area contributed by atoms with Crippen molar-refractivity contribution in [2.45, 2.75) is 0 Å². The molecule has 422 valence electrons. The van der Waals surface area contributed by atoms with Crippen LogP contribution in [0.3, 0.4) is 0 Å². The van der Waals surface area contributed by atoms with Gasteiger partial charge in [0.1, 0.15) is 23.0 Å². The molecule has 12 rings (SSSR count). The summed E-state index contributed by atoms with van der Waals surface area (Å²) in [5.74, 6) is 3.37. The largest absolute Gasteiger partial charge is 0.496 e. The third-order valence-electron chi connectivity index (χ3n) is 14.5. The van der Waals surface area contributed by atoms with E-state index in [9.17, 15) is 0 Å². The molecular weight excluding hydrogens is 1210 g/mol. The number of hydrogen-bond acceptors (Lipinski definition) is 4. The van der Waals surface area contributed by atoms with Crippen molar-refractivity contribution in [2.75, 3.05) is 28.4 Å². The molecule has 0 aliphatic carbocycles. The zero-order valence-corrected chi connectivity index (χ0v) is 52.9. The predicted octanol–water partition coefficient (Wildman–Crippen LogP) is 13.8. The molecule has 0 unspecified atom stereocenters. The van der Waals surface area contributed by atoms with Crippen molar-refractivity contribution in [1.82, 2.24) is 0 Å². The Hall–Kier alpha value is -7.78. The Labute approximate surface area is 520 Å². The van der Waals surface area contributed by atoms with Gasteiger partial charge in [0.15, 0.2) is 0 Å². The molecule has 12 aromatic carbocycles. The number of rotatable bonds is 18. The number of methoxy groups -OCH3 is 4. The zero-order valence-electron chi connectivity index (χ0n) is 47.8. The molecule has 0 bridgehead atoms. The minimum atomic E-state index is -0.898. The van der Waals surface area contributed by atoms with E-state index in [2.05, 4.69) is 315 Å². The van der Waals surface area contributed by atoms with Gasteiger partial charge in [0.05, 0.1) is 28.4 Å². The van der Waals surface area contributed by atoms with Crippen LogP contribution in [0.1, 0.15) is 0 Å². The maximum absolute atomic E-state index is 6.17. The van der Waals surface area contributed by atoms with Gasteiger partial charge in [0.2, 0.25) is 0 Å². The first-order chi connectivity index (χ1) is 41.6. The van der Waals surface area contributed by atoms with Crippen LogP contribution in [0.25, 0.3) is 22.3 Å². The van der Waals surface area contributed by atoms with Gasteiger partial charge in [-0.2, -0.15) is 0 Å². The van der Waals surface area contributed by atoms with Gasteiger partial charge < -0.3 is 18.9 Å². The third-order valence-corrected chi connectivity index (χ3v) is 24.4. The molecule has 0 saturated carbocycles. The maximum Gasteiger partial charge on any atom is 0.127 e. The summed E-state index contributed by atoms with van der Waals surface area (Å²) in [6.45, 7) is 0. The van der Waals surface area contributed by atoms with E-state index >= 15 is 0 Å². The summed E-state index contributed by atoms with van der Waals surface area (Å²) in [5.41, 5.74) is 4.35. The molecule has 0 radical (unpaired) electrons. The minimum absolute atomic E-state index is 0. The van der Waals surface area contributed by atoms with Gasteiger partial charge in [-0.25, -0.2) is 0 Å². The summed E-state index contributed by atoms with van der Waals surface area (Å²) in [5, 5.41) is 15.3. The molecule has 0 spiro atoms. The van der Waals surface area contributed by atoms with Crippen LogP contribution >= 0.6 is 31.7 Å². The average molecular weight is 1270 g/mol. The summed E-state index contributed by atoms with van der Waals surface area (Å²) in [4.78, 5) is 0. The van der Waals surface area contributed by atoms with Crippen LogP contribution in [0, 0.1) is 0 Å². The van der Waals surface area contributed by atoms with Crippen molar-refractivity contribution in [3.8, 4) is 45.3 Å². The first-order valence-corrected chi connectivity index (χ1v) is 33.3. The number of benzene rings is 12. The summed E-state index contributed by atoms with van der Waals surface area (Å²) < 4.78 is 24.7. The van der Waals surface area contributed by atoms with Gasteiger partial charge in [0, 0.05) is 42.7 Å². The van der Waals surface area contributed by atoms with E-state index in [-0.39, 0.29) is 20.4 Å². The van der Waals surface area contributed by atoms with Crippen LogP contribution < -0.4 is 82.6 Å². The molecule has 0 amide bonds. The first-order valence-electron chi connectivity index (χ1n) is 27.9. The molecule has 85 heavy (non-hydrogen) atoms. The second-order valence-electron chi connectivity index (χ2n) is 19.4. The molecule has 9 heteroatoms. The Morgan fingerprint density at radius 1 is 0.176 bits per heavy atom. The molecule has 0 atom stereocenters. The van der Waals surface area contributed by atoms with Gasteiger partial charge in [-0.3, -0.25) is 0 Å². The van der Waals surface area contributed by atoms with E-state index in [0.717, 1.165) is 45.3 Å². The zero-order chi connectivity index (χ0) is 57.5. The van der Waals surface area contributed by atoms with Crippen molar-refractivity contribution in [1.29, 1.82) is 0 Å². The maximum atomic E-state index is 6.17.